The predicted molar refractivity (Wildman–Crippen MR) is 111 cm³/mol. The zero-order chi connectivity index (χ0) is 19.0. The number of amides is 1. The van der Waals surface area contributed by atoms with Crippen LogP contribution in [0.25, 0.3) is 10.9 Å². The fourth-order valence-electron chi connectivity index (χ4n) is 3.82. The van der Waals surface area contributed by atoms with Crippen molar-refractivity contribution in [1.29, 1.82) is 0 Å². The molecule has 0 unspecified atom stereocenters. The van der Waals surface area contributed by atoms with Crippen LogP contribution in [0.3, 0.4) is 0 Å². The molecule has 138 valence electrons. The Kier molecular flexibility index (Phi) is 4.47. The van der Waals surface area contributed by atoms with E-state index in [0.717, 1.165) is 41.5 Å². The first-order valence-corrected chi connectivity index (χ1v) is 9.76. The molecule has 0 bridgehead atoms. The van der Waals surface area contributed by atoms with Gasteiger partial charge in [-0.2, -0.15) is 0 Å². The molecule has 1 N–H and O–H groups in total. The molecule has 3 aromatic rings. The van der Waals surface area contributed by atoms with Gasteiger partial charge in [0.2, 0.25) is 0 Å². The molecule has 1 aromatic heterocycles. The number of pyridine rings is 1. The number of carbonyl (C=O) groups is 1. The van der Waals surface area contributed by atoms with E-state index in [1.165, 1.54) is 17.5 Å². The summed E-state index contributed by atoms with van der Waals surface area (Å²) in [6.07, 6.45) is 4.28. The Morgan fingerprint density at radius 1 is 0.963 bits per heavy atom. The van der Waals surface area contributed by atoms with E-state index < -0.39 is 0 Å². The normalized spacial score (nSPS) is 14.0. The number of para-hydroxylation sites is 1. The third-order valence-electron chi connectivity index (χ3n) is 5.42. The number of carbonyl (C=O) groups excluding carboxylic acids is 1. The van der Waals surface area contributed by atoms with Crippen LogP contribution in [-0.2, 0) is 18.3 Å². The average molecular weight is 358 g/mol. The number of nitrogens with one attached hydrogen (secondary N) is 1. The number of hydrogen-bond donors (Lipinski definition) is 1. The van der Waals surface area contributed by atoms with Crippen molar-refractivity contribution >= 4 is 22.5 Å². The maximum Gasteiger partial charge on any atom is 0.255 e. The lowest BCUT2D eigenvalue weighted by atomic mass is 9.86. The standard InChI is InChI=1S/C24H26N2O/c1-24(2,3)17-14-12-16(13-15-17)23(27)26-22-18-8-4-6-10-20(18)25-21-11-7-5-9-19(21)22/h4,6,8,10,12-15H,5,7,9,11H2,1-3H3,(H,25,26,27). The number of nitrogens with zero attached hydrogens (tertiary/aromatic N) is 1. The number of aryl methyl sites for hydroxylation is 1. The zero-order valence-corrected chi connectivity index (χ0v) is 16.3. The van der Waals surface area contributed by atoms with Crippen LogP contribution in [0.5, 0.6) is 0 Å². The molecule has 1 aliphatic carbocycles. The van der Waals surface area contributed by atoms with E-state index in [4.69, 9.17) is 4.98 Å². The summed E-state index contributed by atoms with van der Waals surface area (Å²) < 4.78 is 0. The fraction of sp³-hybridized carbons (Fsp3) is 0.333. The quantitative estimate of drug-likeness (QED) is 0.642. The molecule has 1 amide bonds. The molecule has 0 saturated carbocycles. The highest BCUT2D eigenvalue weighted by atomic mass is 16.1. The van der Waals surface area contributed by atoms with Crippen LogP contribution in [-0.4, -0.2) is 10.9 Å². The van der Waals surface area contributed by atoms with E-state index in [2.05, 4.69) is 44.3 Å². The van der Waals surface area contributed by atoms with Gasteiger partial charge in [-0.25, -0.2) is 0 Å². The van der Waals surface area contributed by atoms with E-state index in [-0.39, 0.29) is 11.3 Å². The van der Waals surface area contributed by atoms with Crippen molar-refractivity contribution in [3.63, 3.8) is 0 Å². The molecule has 0 radical (unpaired) electrons. The molecule has 4 rings (SSSR count). The van der Waals surface area contributed by atoms with Crippen LogP contribution >= 0.6 is 0 Å². The Bertz CT molecular complexity index is 997. The van der Waals surface area contributed by atoms with Crippen molar-refractivity contribution < 1.29 is 4.79 Å². The highest BCUT2D eigenvalue weighted by molar-refractivity contribution is 6.09. The molecule has 0 saturated heterocycles. The number of anilines is 1. The SMILES string of the molecule is CC(C)(C)c1ccc(C(=O)Nc2c3c(nc4ccccc24)CCCC3)cc1. The summed E-state index contributed by atoms with van der Waals surface area (Å²) in [5.41, 5.74) is 6.24. The predicted octanol–water partition coefficient (Wildman–Crippen LogP) is 5.66. The van der Waals surface area contributed by atoms with Gasteiger partial charge in [-0.05, 0) is 60.4 Å². The summed E-state index contributed by atoms with van der Waals surface area (Å²) in [6.45, 7) is 6.53. The van der Waals surface area contributed by atoms with Gasteiger partial charge in [0.25, 0.3) is 5.91 Å². The Hall–Kier alpha value is -2.68. The van der Waals surface area contributed by atoms with E-state index in [1.54, 1.807) is 0 Å². The highest BCUT2D eigenvalue weighted by Gasteiger charge is 2.20. The first-order valence-electron chi connectivity index (χ1n) is 9.76. The lowest BCUT2D eigenvalue weighted by Gasteiger charge is -2.21. The van der Waals surface area contributed by atoms with Crippen molar-refractivity contribution in [2.75, 3.05) is 5.32 Å². The molecular formula is C24H26N2O. The van der Waals surface area contributed by atoms with Crippen molar-refractivity contribution in [2.24, 2.45) is 0 Å². The van der Waals surface area contributed by atoms with Crippen LogP contribution in [0.15, 0.2) is 48.5 Å². The Balaban J connectivity index is 1.71. The van der Waals surface area contributed by atoms with E-state index in [0.29, 0.717) is 5.56 Å². The summed E-state index contributed by atoms with van der Waals surface area (Å²) in [6, 6.07) is 16.0. The van der Waals surface area contributed by atoms with Gasteiger partial charge in [-0.3, -0.25) is 9.78 Å². The first kappa shape index (κ1) is 17.7. The number of benzene rings is 2. The minimum atomic E-state index is -0.0559. The summed E-state index contributed by atoms with van der Waals surface area (Å²) in [4.78, 5) is 17.8. The largest absolute Gasteiger partial charge is 0.321 e. The smallest absolute Gasteiger partial charge is 0.255 e. The minimum Gasteiger partial charge on any atom is -0.321 e. The fourth-order valence-corrected chi connectivity index (χ4v) is 3.82. The van der Waals surface area contributed by atoms with Gasteiger partial charge < -0.3 is 5.32 Å². The second-order valence-electron chi connectivity index (χ2n) is 8.42. The number of aromatic nitrogens is 1. The Morgan fingerprint density at radius 2 is 1.67 bits per heavy atom. The van der Waals surface area contributed by atoms with Crippen LogP contribution in [0.1, 0.15) is 60.8 Å². The van der Waals surface area contributed by atoms with Gasteiger partial charge in [-0.1, -0.05) is 51.1 Å². The van der Waals surface area contributed by atoms with Gasteiger partial charge in [0, 0.05) is 16.6 Å². The summed E-state index contributed by atoms with van der Waals surface area (Å²) in [5, 5.41) is 4.23. The van der Waals surface area contributed by atoms with Crippen LogP contribution in [0, 0.1) is 0 Å². The third kappa shape index (κ3) is 3.46. The molecule has 3 nitrogen and oxygen atoms in total. The first-order chi connectivity index (χ1) is 12.9. The molecule has 0 spiro atoms. The lowest BCUT2D eigenvalue weighted by Crippen LogP contribution is -2.17. The summed E-state index contributed by atoms with van der Waals surface area (Å²) in [5.74, 6) is -0.0559. The molecule has 2 aromatic carbocycles. The van der Waals surface area contributed by atoms with Crippen molar-refractivity contribution in [3.05, 3.63) is 70.9 Å². The zero-order valence-electron chi connectivity index (χ0n) is 16.3. The van der Waals surface area contributed by atoms with Crippen molar-refractivity contribution in [3.8, 4) is 0 Å². The minimum absolute atomic E-state index is 0.0559. The van der Waals surface area contributed by atoms with E-state index in [1.807, 2.05) is 30.3 Å². The van der Waals surface area contributed by atoms with Gasteiger partial charge in [0.1, 0.15) is 0 Å². The van der Waals surface area contributed by atoms with Crippen LogP contribution < -0.4 is 5.32 Å². The number of hydrogen-bond acceptors (Lipinski definition) is 2. The third-order valence-corrected chi connectivity index (χ3v) is 5.42. The molecule has 1 aliphatic rings. The van der Waals surface area contributed by atoms with Crippen molar-refractivity contribution in [1.82, 2.24) is 4.98 Å². The number of rotatable bonds is 2. The Labute approximate surface area is 160 Å². The van der Waals surface area contributed by atoms with Gasteiger partial charge in [-0.15, -0.1) is 0 Å². The summed E-state index contributed by atoms with van der Waals surface area (Å²) >= 11 is 0. The summed E-state index contributed by atoms with van der Waals surface area (Å²) in [7, 11) is 0. The molecule has 0 atom stereocenters. The van der Waals surface area contributed by atoms with E-state index >= 15 is 0 Å². The van der Waals surface area contributed by atoms with Crippen molar-refractivity contribution in [2.45, 2.75) is 51.9 Å². The topological polar surface area (TPSA) is 42.0 Å². The highest BCUT2D eigenvalue weighted by Crippen LogP contribution is 2.33. The maximum absolute atomic E-state index is 13.0. The van der Waals surface area contributed by atoms with E-state index in [9.17, 15) is 4.79 Å². The second kappa shape index (κ2) is 6.80. The molecule has 27 heavy (non-hydrogen) atoms. The average Bonchev–Trinajstić information content (AvgIpc) is 2.67. The number of fused-ring (bicyclic) bond motifs is 2. The van der Waals surface area contributed by atoms with Crippen LogP contribution in [0.4, 0.5) is 5.69 Å². The second-order valence-corrected chi connectivity index (χ2v) is 8.42. The van der Waals surface area contributed by atoms with Gasteiger partial charge in [0.05, 0.1) is 11.2 Å². The van der Waals surface area contributed by atoms with Gasteiger partial charge >= 0.3 is 0 Å². The molecule has 1 heterocycles. The molecule has 0 aliphatic heterocycles. The van der Waals surface area contributed by atoms with Crippen LogP contribution in [0.2, 0.25) is 0 Å². The maximum atomic E-state index is 13.0. The lowest BCUT2D eigenvalue weighted by molar-refractivity contribution is 0.102. The molecular weight excluding hydrogens is 332 g/mol. The Morgan fingerprint density at radius 3 is 2.41 bits per heavy atom. The van der Waals surface area contributed by atoms with Gasteiger partial charge in [0.15, 0.2) is 0 Å². The molecule has 0 fully saturated rings. The molecule has 3 heteroatoms. The monoisotopic (exact) mass is 358 g/mol.